The first-order valence-corrected chi connectivity index (χ1v) is 10.4. The third kappa shape index (κ3) is 4.46. The molecule has 0 saturated heterocycles. The van der Waals surface area contributed by atoms with E-state index >= 15 is 0 Å². The Balaban J connectivity index is 1.49. The fraction of sp³-hybridized carbons (Fsp3) is 0.280. The van der Waals surface area contributed by atoms with Crippen LogP contribution in [0.3, 0.4) is 0 Å². The summed E-state index contributed by atoms with van der Waals surface area (Å²) in [6.07, 6.45) is 7.17. The maximum absolute atomic E-state index is 12.7. The van der Waals surface area contributed by atoms with Gasteiger partial charge >= 0.3 is 5.97 Å². The van der Waals surface area contributed by atoms with Crippen LogP contribution in [0.5, 0.6) is 5.75 Å². The molecular weight excluding hydrogens is 378 g/mol. The van der Waals surface area contributed by atoms with Crippen molar-refractivity contribution >= 4 is 17.6 Å². The number of amides is 1. The second-order valence-corrected chi connectivity index (χ2v) is 7.43. The molecule has 30 heavy (non-hydrogen) atoms. The van der Waals surface area contributed by atoms with Crippen molar-refractivity contribution in [1.29, 1.82) is 0 Å². The number of benzene rings is 2. The Morgan fingerprint density at radius 1 is 1.13 bits per heavy atom. The van der Waals surface area contributed by atoms with Gasteiger partial charge in [0, 0.05) is 6.42 Å². The summed E-state index contributed by atoms with van der Waals surface area (Å²) in [5, 5.41) is 3.06. The van der Waals surface area contributed by atoms with Crippen molar-refractivity contribution in [2.45, 2.75) is 39.0 Å². The highest BCUT2D eigenvalue weighted by atomic mass is 16.5. The lowest BCUT2D eigenvalue weighted by Gasteiger charge is -2.13. The zero-order valence-corrected chi connectivity index (χ0v) is 17.1. The van der Waals surface area contributed by atoms with E-state index in [0.717, 1.165) is 28.8 Å². The highest BCUT2D eigenvalue weighted by Crippen LogP contribution is 2.36. The van der Waals surface area contributed by atoms with Gasteiger partial charge in [-0.1, -0.05) is 42.5 Å². The number of nitrogens with one attached hydrogen (secondary N) is 1. The maximum atomic E-state index is 12.7. The van der Waals surface area contributed by atoms with E-state index in [1.807, 2.05) is 49.4 Å². The van der Waals surface area contributed by atoms with E-state index in [1.165, 1.54) is 0 Å². The summed E-state index contributed by atoms with van der Waals surface area (Å²) >= 11 is 0. The normalized spacial score (nSPS) is 14.9. The molecule has 0 spiro atoms. The zero-order valence-electron chi connectivity index (χ0n) is 17.1. The summed E-state index contributed by atoms with van der Waals surface area (Å²) in [5.41, 5.74) is 4.66. The molecule has 5 heteroatoms. The minimum Gasteiger partial charge on any atom is -0.466 e. The van der Waals surface area contributed by atoms with Crippen LogP contribution >= 0.6 is 0 Å². The van der Waals surface area contributed by atoms with Crippen LogP contribution in [0.25, 0.3) is 0 Å². The summed E-state index contributed by atoms with van der Waals surface area (Å²) in [7, 11) is 0. The van der Waals surface area contributed by atoms with Gasteiger partial charge < -0.3 is 14.8 Å². The fourth-order valence-corrected chi connectivity index (χ4v) is 3.74. The molecule has 1 aliphatic heterocycles. The Bertz CT molecular complexity index is 1020. The highest BCUT2D eigenvalue weighted by molar-refractivity contribution is 6.06. The maximum Gasteiger partial charge on any atom is 0.306 e. The number of carbonyl (C=O) groups is 2. The summed E-state index contributed by atoms with van der Waals surface area (Å²) in [6, 6.07) is 14.0. The second-order valence-electron chi connectivity index (χ2n) is 7.43. The van der Waals surface area contributed by atoms with Gasteiger partial charge in [0.1, 0.15) is 5.76 Å². The molecule has 0 unspecified atom stereocenters. The van der Waals surface area contributed by atoms with Crippen LogP contribution in [-0.4, -0.2) is 18.5 Å². The average molecular weight is 403 g/mol. The molecule has 0 radical (unpaired) electrons. The number of para-hydroxylation sites is 1. The van der Waals surface area contributed by atoms with Crippen molar-refractivity contribution in [1.82, 2.24) is 0 Å². The predicted molar refractivity (Wildman–Crippen MR) is 115 cm³/mol. The molecule has 0 fully saturated rings. The lowest BCUT2D eigenvalue weighted by molar-refractivity contribution is -0.143. The molecule has 0 bridgehead atoms. The molecule has 4 rings (SSSR count). The zero-order chi connectivity index (χ0) is 20.9. The quantitative estimate of drug-likeness (QED) is 0.710. The fourth-order valence-electron chi connectivity index (χ4n) is 3.74. The Morgan fingerprint density at radius 3 is 2.73 bits per heavy atom. The Hall–Kier alpha value is -3.34. The predicted octanol–water partition coefficient (Wildman–Crippen LogP) is 4.71. The van der Waals surface area contributed by atoms with Gasteiger partial charge in [-0.25, -0.2) is 0 Å². The smallest absolute Gasteiger partial charge is 0.306 e. The summed E-state index contributed by atoms with van der Waals surface area (Å²) in [4.78, 5) is 24.2. The van der Waals surface area contributed by atoms with E-state index in [9.17, 15) is 9.59 Å². The number of hydrogen-bond donors (Lipinski definition) is 1. The summed E-state index contributed by atoms with van der Waals surface area (Å²) in [5.74, 6) is 1.05. The molecule has 2 aromatic rings. The lowest BCUT2D eigenvalue weighted by Crippen LogP contribution is -2.16. The number of ether oxygens (including phenoxy) is 2. The third-order valence-electron chi connectivity index (χ3n) is 5.31. The first-order valence-electron chi connectivity index (χ1n) is 10.4. The minimum absolute atomic E-state index is 0.0881. The molecule has 5 nitrogen and oxygen atoms in total. The first kappa shape index (κ1) is 20.0. The number of aryl methyl sites for hydroxylation is 1. The molecular formula is C25H25NO4. The monoisotopic (exact) mass is 403 g/mol. The lowest BCUT2D eigenvalue weighted by atomic mass is 10.00. The van der Waals surface area contributed by atoms with Gasteiger partial charge in [-0.2, -0.15) is 0 Å². The minimum atomic E-state index is -0.171. The number of hydrogen-bond acceptors (Lipinski definition) is 4. The van der Waals surface area contributed by atoms with Crippen LogP contribution in [0.1, 0.15) is 42.9 Å². The van der Waals surface area contributed by atoms with Gasteiger partial charge in [-0.3, -0.25) is 9.59 Å². The number of allylic oxidation sites excluding steroid dienone is 2. The van der Waals surface area contributed by atoms with Crippen LogP contribution in [0.4, 0.5) is 5.69 Å². The van der Waals surface area contributed by atoms with Crippen molar-refractivity contribution in [3.05, 3.63) is 82.6 Å². The number of anilines is 1. The number of esters is 1. The SMILES string of the molecule is CCOC(=O)CCc1ccc(Cc2cccc3c2NC(=O)C2=C(C=CCC2)O3)cc1. The summed E-state index contributed by atoms with van der Waals surface area (Å²) in [6.45, 7) is 2.22. The Kier molecular flexibility index (Phi) is 5.98. The molecule has 2 aromatic carbocycles. The van der Waals surface area contributed by atoms with E-state index in [0.29, 0.717) is 49.4 Å². The van der Waals surface area contributed by atoms with Crippen molar-refractivity contribution in [2.24, 2.45) is 0 Å². The van der Waals surface area contributed by atoms with Crippen molar-refractivity contribution in [3.8, 4) is 5.75 Å². The molecule has 154 valence electrons. The van der Waals surface area contributed by atoms with Crippen LogP contribution in [0.2, 0.25) is 0 Å². The molecule has 1 amide bonds. The average Bonchev–Trinajstić information content (AvgIpc) is 2.90. The standard InChI is InChI=1S/C25H25NO4/c1-2-29-23(27)15-14-17-10-12-18(13-11-17)16-19-6-5-9-22-24(19)26-25(28)20-7-3-4-8-21(20)30-22/h4-6,8-13H,2-3,7,14-16H2,1H3,(H,26,28). The second kappa shape index (κ2) is 8.99. The van der Waals surface area contributed by atoms with E-state index in [1.54, 1.807) is 0 Å². The van der Waals surface area contributed by atoms with Crippen LogP contribution in [0.15, 0.2) is 65.9 Å². The summed E-state index contributed by atoms with van der Waals surface area (Å²) < 4.78 is 11.0. The Labute approximate surface area is 176 Å². The molecule has 1 N–H and O–H groups in total. The molecule has 2 aliphatic rings. The molecule has 0 aromatic heterocycles. The van der Waals surface area contributed by atoms with Gasteiger partial charge in [-0.15, -0.1) is 0 Å². The molecule has 1 heterocycles. The van der Waals surface area contributed by atoms with Crippen LogP contribution in [-0.2, 0) is 27.2 Å². The van der Waals surface area contributed by atoms with Crippen molar-refractivity contribution in [3.63, 3.8) is 0 Å². The van der Waals surface area contributed by atoms with E-state index < -0.39 is 0 Å². The van der Waals surface area contributed by atoms with E-state index in [2.05, 4.69) is 17.4 Å². The van der Waals surface area contributed by atoms with Gasteiger partial charge in [0.05, 0.1) is 17.9 Å². The first-order chi connectivity index (χ1) is 14.6. The third-order valence-corrected chi connectivity index (χ3v) is 5.31. The van der Waals surface area contributed by atoms with Crippen molar-refractivity contribution < 1.29 is 19.1 Å². The number of fused-ring (bicyclic) bond motifs is 1. The molecule has 1 aliphatic carbocycles. The highest BCUT2D eigenvalue weighted by Gasteiger charge is 2.25. The largest absolute Gasteiger partial charge is 0.466 e. The van der Waals surface area contributed by atoms with Crippen LogP contribution < -0.4 is 10.1 Å². The van der Waals surface area contributed by atoms with Crippen LogP contribution in [0, 0.1) is 0 Å². The van der Waals surface area contributed by atoms with Crippen molar-refractivity contribution in [2.75, 3.05) is 11.9 Å². The van der Waals surface area contributed by atoms with E-state index in [4.69, 9.17) is 9.47 Å². The van der Waals surface area contributed by atoms with Gasteiger partial charge in [-0.05, 0) is 61.4 Å². The van der Waals surface area contributed by atoms with Gasteiger partial charge in [0.15, 0.2) is 5.75 Å². The topological polar surface area (TPSA) is 64.6 Å². The van der Waals surface area contributed by atoms with Gasteiger partial charge in [0.2, 0.25) is 0 Å². The molecule has 0 atom stereocenters. The number of rotatable bonds is 6. The number of carbonyl (C=O) groups excluding carboxylic acids is 2. The van der Waals surface area contributed by atoms with E-state index in [-0.39, 0.29) is 11.9 Å². The van der Waals surface area contributed by atoms with Gasteiger partial charge in [0.25, 0.3) is 5.91 Å². The molecule has 0 saturated carbocycles. The Morgan fingerprint density at radius 2 is 1.93 bits per heavy atom.